The Morgan fingerprint density at radius 3 is 2.55 bits per heavy atom. The molecule has 2 heterocycles. The molecule has 2 aliphatic heterocycles. The van der Waals surface area contributed by atoms with Crippen LogP contribution >= 0.6 is 0 Å². The van der Waals surface area contributed by atoms with E-state index in [9.17, 15) is 4.79 Å². The third-order valence-corrected chi connectivity index (χ3v) is 5.33. The number of ether oxygens (including phenoxy) is 1. The Morgan fingerprint density at radius 1 is 1.18 bits per heavy atom. The molecule has 0 aliphatic carbocycles. The zero-order valence-corrected chi connectivity index (χ0v) is 14.6. The van der Waals surface area contributed by atoms with Crippen molar-refractivity contribution in [2.24, 2.45) is 5.92 Å². The van der Waals surface area contributed by atoms with E-state index in [1.807, 2.05) is 11.9 Å². The van der Waals surface area contributed by atoms with Crippen LogP contribution in [0.4, 0.5) is 0 Å². The summed E-state index contributed by atoms with van der Waals surface area (Å²) in [5, 5.41) is 0. The summed E-state index contributed by atoms with van der Waals surface area (Å²) in [5.41, 5.74) is 0. The largest absolute Gasteiger partial charge is 0.383 e. The van der Waals surface area contributed by atoms with Gasteiger partial charge in [0, 0.05) is 39.2 Å². The predicted molar refractivity (Wildman–Crippen MR) is 88.9 cm³/mol. The highest BCUT2D eigenvalue weighted by Crippen LogP contribution is 2.21. The van der Waals surface area contributed by atoms with Crippen molar-refractivity contribution in [2.75, 3.05) is 60.5 Å². The fourth-order valence-electron chi connectivity index (χ4n) is 3.72. The molecule has 1 unspecified atom stereocenters. The maximum absolute atomic E-state index is 12.7. The van der Waals surface area contributed by atoms with Crippen molar-refractivity contribution in [1.29, 1.82) is 0 Å². The predicted octanol–water partition coefficient (Wildman–Crippen LogP) is 1.29. The molecule has 2 saturated heterocycles. The normalized spacial score (nSPS) is 25.3. The molecule has 1 atom stereocenters. The first-order chi connectivity index (χ1) is 10.6. The molecule has 0 spiro atoms. The molecule has 0 bridgehead atoms. The molecule has 2 aliphatic rings. The van der Waals surface area contributed by atoms with E-state index in [1.165, 1.54) is 25.8 Å². The number of likely N-dealkylation sites (N-methyl/N-ethyl adjacent to an activating group) is 2. The third kappa shape index (κ3) is 4.93. The van der Waals surface area contributed by atoms with Crippen LogP contribution in [-0.4, -0.2) is 87.2 Å². The zero-order valence-electron chi connectivity index (χ0n) is 14.6. The summed E-state index contributed by atoms with van der Waals surface area (Å²) in [6.45, 7) is 5.88. The molecular formula is C17H33N3O2. The van der Waals surface area contributed by atoms with Gasteiger partial charge in [-0.05, 0) is 52.4 Å². The lowest BCUT2D eigenvalue weighted by Crippen LogP contribution is -2.48. The van der Waals surface area contributed by atoms with Gasteiger partial charge in [0.1, 0.15) is 0 Å². The first kappa shape index (κ1) is 17.7. The number of carbonyl (C=O) groups excluding carboxylic acids is 1. The van der Waals surface area contributed by atoms with E-state index in [0.29, 0.717) is 11.9 Å². The van der Waals surface area contributed by atoms with Crippen molar-refractivity contribution in [3.8, 4) is 0 Å². The summed E-state index contributed by atoms with van der Waals surface area (Å²) in [5.74, 6) is 0.572. The summed E-state index contributed by atoms with van der Waals surface area (Å²) in [6, 6.07) is 0.546. The van der Waals surface area contributed by atoms with Crippen LogP contribution in [0.5, 0.6) is 0 Å². The van der Waals surface area contributed by atoms with Crippen molar-refractivity contribution < 1.29 is 9.53 Å². The van der Waals surface area contributed by atoms with Crippen molar-refractivity contribution >= 4 is 5.91 Å². The highest BCUT2D eigenvalue weighted by molar-refractivity contribution is 5.78. The Hall–Kier alpha value is -0.650. The molecule has 5 nitrogen and oxygen atoms in total. The molecular weight excluding hydrogens is 278 g/mol. The molecule has 128 valence electrons. The lowest BCUT2D eigenvalue weighted by Gasteiger charge is -2.37. The van der Waals surface area contributed by atoms with Gasteiger partial charge in [-0.3, -0.25) is 4.79 Å². The van der Waals surface area contributed by atoms with E-state index < -0.39 is 0 Å². The zero-order chi connectivity index (χ0) is 15.9. The molecule has 0 aromatic carbocycles. The molecule has 0 radical (unpaired) electrons. The lowest BCUT2D eigenvalue weighted by atomic mass is 9.94. The van der Waals surface area contributed by atoms with Gasteiger partial charge < -0.3 is 19.4 Å². The molecule has 1 amide bonds. The molecule has 5 heteroatoms. The van der Waals surface area contributed by atoms with E-state index in [1.54, 1.807) is 7.11 Å². The maximum atomic E-state index is 12.7. The molecule has 0 saturated carbocycles. The molecule has 2 rings (SSSR count). The lowest BCUT2D eigenvalue weighted by molar-refractivity contribution is -0.136. The van der Waals surface area contributed by atoms with Crippen molar-refractivity contribution in [2.45, 2.75) is 38.1 Å². The number of nitrogens with zero attached hydrogens (tertiary/aromatic N) is 3. The van der Waals surface area contributed by atoms with E-state index in [4.69, 9.17) is 4.74 Å². The van der Waals surface area contributed by atoms with E-state index in [-0.39, 0.29) is 5.92 Å². The topological polar surface area (TPSA) is 36.0 Å². The number of methoxy groups -OCH3 is 1. The van der Waals surface area contributed by atoms with Crippen LogP contribution in [0.15, 0.2) is 0 Å². The second-order valence-electron chi connectivity index (χ2n) is 6.96. The number of carbonyl (C=O) groups is 1. The maximum Gasteiger partial charge on any atom is 0.225 e. The molecule has 22 heavy (non-hydrogen) atoms. The Morgan fingerprint density at radius 2 is 1.91 bits per heavy atom. The number of amides is 1. The van der Waals surface area contributed by atoms with Crippen LogP contribution in [0.1, 0.15) is 32.1 Å². The van der Waals surface area contributed by atoms with Gasteiger partial charge in [0.2, 0.25) is 5.91 Å². The fraction of sp³-hybridized carbons (Fsp3) is 0.941. The molecule has 0 N–H and O–H groups in total. The highest BCUT2D eigenvalue weighted by Gasteiger charge is 2.29. The van der Waals surface area contributed by atoms with Gasteiger partial charge in [0.15, 0.2) is 0 Å². The summed E-state index contributed by atoms with van der Waals surface area (Å²) >= 11 is 0. The first-order valence-corrected chi connectivity index (χ1v) is 8.78. The number of hydrogen-bond donors (Lipinski definition) is 0. The first-order valence-electron chi connectivity index (χ1n) is 8.78. The van der Waals surface area contributed by atoms with Gasteiger partial charge in [-0.25, -0.2) is 0 Å². The van der Waals surface area contributed by atoms with E-state index >= 15 is 0 Å². The highest BCUT2D eigenvalue weighted by atomic mass is 16.5. The summed E-state index contributed by atoms with van der Waals surface area (Å²) in [4.78, 5) is 19.5. The second kappa shape index (κ2) is 8.85. The Kier molecular flexibility index (Phi) is 7.12. The van der Waals surface area contributed by atoms with Crippen molar-refractivity contribution in [1.82, 2.24) is 14.7 Å². The van der Waals surface area contributed by atoms with Gasteiger partial charge in [0.25, 0.3) is 0 Å². The average molecular weight is 311 g/mol. The number of piperidine rings is 2. The SMILES string of the molecule is COCCN1CCC(C(=O)N(C)CC2CCCCN2C)CC1. The Balaban J connectivity index is 1.74. The minimum absolute atomic E-state index is 0.220. The van der Waals surface area contributed by atoms with Crippen molar-refractivity contribution in [3.63, 3.8) is 0 Å². The Labute approximate surface area is 135 Å². The van der Waals surface area contributed by atoms with Crippen LogP contribution in [0, 0.1) is 5.92 Å². The molecule has 0 aromatic rings. The monoisotopic (exact) mass is 311 g/mol. The quantitative estimate of drug-likeness (QED) is 0.740. The van der Waals surface area contributed by atoms with Gasteiger partial charge in [-0.15, -0.1) is 0 Å². The number of hydrogen-bond acceptors (Lipinski definition) is 4. The summed E-state index contributed by atoms with van der Waals surface area (Å²) in [7, 11) is 5.92. The van der Waals surface area contributed by atoms with Crippen LogP contribution in [0.3, 0.4) is 0 Å². The smallest absolute Gasteiger partial charge is 0.225 e. The number of likely N-dealkylation sites (tertiary alicyclic amines) is 2. The standard InChI is InChI=1S/C17H33N3O2/c1-18-9-5-4-6-16(18)14-19(2)17(21)15-7-10-20(11-8-15)12-13-22-3/h15-16H,4-14H2,1-3H3. The average Bonchev–Trinajstić information content (AvgIpc) is 2.55. The summed E-state index contributed by atoms with van der Waals surface area (Å²) < 4.78 is 5.13. The Bertz CT molecular complexity index is 343. The van der Waals surface area contributed by atoms with Crippen LogP contribution in [0.25, 0.3) is 0 Å². The van der Waals surface area contributed by atoms with Gasteiger partial charge in [-0.1, -0.05) is 6.42 Å². The number of rotatable bonds is 6. The minimum atomic E-state index is 0.220. The molecule has 2 fully saturated rings. The fourth-order valence-corrected chi connectivity index (χ4v) is 3.72. The van der Waals surface area contributed by atoms with Gasteiger partial charge in [0.05, 0.1) is 6.61 Å². The third-order valence-electron chi connectivity index (χ3n) is 5.33. The van der Waals surface area contributed by atoms with Gasteiger partial charge >= 0.3 is 0 Å². The van der Waals surface area contributed by atoms with Crippen LogP contribution in [0.2, 0.25) is 0 Å². The van der Waals surface area contributed by atoms with Crippen LogP contribution < -0.4 is 0 Å². The van der Waals surface area contributed by atoms with Crippen LogP contribution in [-0.2, 0) is 9.53 Å². The minimum Gasteiger partial charge on any atom is -0.383 e. The van der Waals surface area contributed by atoms with E-state index in [0.717, 1.165) is 45.6 Å². The van der Waals surface area contributed by atoms with Gasteiger partial charge in [-0.2, -0.15) is 0 Å². The molecule has 0 aromatic heterocycles. The van der Waals surface area contributed by atoms with E-state index in [2.05, 4.69) is 16.8 Å². The summed E-state index contributed by atoms with van der Waals surface area (Å²) in [6.07, 6.45) is 5.81. The van der Waals surface area contributed by atoms with Crippen molar-refractivity contribution in [3.05, 3.63) is 0 Å². The second-order valence-corrected chi connectivity index (χ2v) is 6.96.